The Kier molecular flexibility index (Phi) is 5.71. The van der Waals surface area contributed by atoms with Gasteiger partial charge in [-0.2, -0.15) is 0 Å². The zero-order valence-corrected chi connectivity index (χ0v) is 15.3. The van der Waals surface area contributed by atoms with Gasteiger partial charge in [0.25, 0.3) is 0 Å². The van der Waals surface area contributed by atoms with Crippen LogP contribution in [-0.2, 0) is 0 Å². The van der Waals surface area contributed by atoms with Crippen molar-refractivity contribution < 1.29 is 9.18 Å². The predicted octanol–water partition coefficient (Wildman–Crippen LogP) is 3.51. The maximum Gasteiger partial charge on any atom is 0.317 e. The van der Waals surface area contributed by atoms with E-state index < -0.39 is 0 Å². The Bertz CT molecular complexity index is 750. The fraction of sp³-hybridized carbons (Fsp3) is 0.400. The van der Waals surface area contributed by atoms with Crippen molar-refractivity contribution in [2.24, 2.45) is 0 Å². The molecule has 6 heteroatoms. The standard InChI is InChI=1S/C20H25FN4O/c1-15-14-22-9-8-19(15)24-10-3-11-25(13-12-24)20(26)23-16(2)17-4-6-18(21)7-5-17/h4-9,14,16H,3,10-13H2,1-2H3,(H,23,26)/t16-/m1/s1. The van der Waals surface area contributed by atoms with Crippen LogP contribution in [0.3, 0.4) is 0 Å². The molecule has 2 aromatic rings. The average molecular weight is 356 g/mol. The van der Waals surface area contributed by atoms with Crippen molar-refractivity contribution in [3.63, 3.8) is 0 Å². The summed E-state index contributed by atoms with van der Waals surface area (Å²) in [7, 11) is 0. The van der Waals surface area contributed by atoms with Gasteiger partial charge < -0.3 is 15.1 Å². The van der Waals surface area contributed by atoms with Crippen molar-refractivity contribution in [3.05, 3.63) is 59.7 Å². The first-order valence-electron chi connectivity index (χ1n) is 9.01. The fourth-order valence-corrected chi connectivity index (χ4v) is 3.29. The Balaban J connectivity index is 1.59. The minimum Gasteiger partial charge on any atom is -0.369 e. The van der Waals surface area contributed by atoms with E-state index in [4.69, 9.17) is 0 Å². The first-order chi connectivity index (χ1) is 12.5. The molecule has 0 bridgehead atoms. The highest BCUT2D eigenvalue weighted by Gasteiger charge is 2.21. The third-order valence-corrected chi connectivity index (χ3v) is 4.82. The second-order valence-corrected chi connectivity index (χ2v) is 6.71. The molecule has 0 aliphatic carbocycles. The fourth-order valence-electron chi connectivity index (χ4n) is 3.29. The van der Waals surface area contributed by atoms with Crippen LogP contribution in [0.25, 0.3) is 0 Å². The second kappa shape index (κ2) is 8.17. The molecule has 0 unspecified atom stereocenters. The van der Waals surface area contributed by atoms with Crippen molar-refractivity contribution in [3.8, 4) is 0 Å². The van der Waals surface area contributed by atoms with Crippen LogP contribution in [0.4, 0.5) is 14.9 Å². The number of hydrogen-bond donors (Lipinski definition) is 1. The number of benzene rings is 1. The van der Waals surface area contributed by atoms with Gasteiger partial charge in [-0.25, -0.2) is 9.18 Å². The molecule has 138 valence electrons. The number of urea groups is 1. The molecule has 0 radical (unpaired) electrons. The summed E-state index contributed by atoms with van der Waals surface area (Å²) < 4.78 is 13.0. The highest BCUT2D eigenvalue weighted by molar-refractivity contribution is 5.75. The van der Waals surface area contributed by atoms with Crippen LogP contribution in [0, 0.1) is 12.7 Å². The molecule has 1 aliphatic rings. The molecule has 2 heterocycles. The van der Waals surface area contributed by atoms with Crippen LogP contribution in [0.5, 0.6) is 0 Å². The Hall–Kier alpha value is -2.63. The van der Waals surface area contributed by atoms with E-state index in [0.29, 0.717) is 6.54 Å². The number of rotatable bonds is 3. The molecule has 1 fully saturated rings. The largest absolute Gasteiger partial charge is 0.369 e. The van der Waals surface area contributed by atoms with E-state index in [9.17, 15) is 9.18 Å². The minimum absolute atomic E-state index is 0.0740. The third-order valence-electron chi connectivity index (χ3n) is 4.82. The average Bonchev–Trinajstić information content (AvgIpc) is 2.89. The number of pyridine rings is 1. The maximum absolute atomic E-state index is 13.0. The third kappa shape index (κ3) is 4.31. The van der Waals surface area contributed by atoms with Crippen molar-refractivity contribution in [1.82, 2.24) is 15.2 Å². The smallest absolute Gasteiger partial charge is 0.317 e. The molecule has 0 saturated carbocycles. The van der Waals surface area contributed by atoms with E-state index in [0.717, 1.165) is 37.2 Å². The van der Waals surface area contributed by atoms with Gasteiger partial charge in [0, 0.05) is 44.3 Å². The number of nitrogens with zero attached hydrogens (tertiary/aromatic N) is 3. The van der Waals surface area contributed by atoms with Gasteiger partial charge in [0.2, 0.25) is 0 Å². The van der Waals surface area contributed by atoms with E-state index in [1.54, 1.807) is 12.1 Å². The molecule has 5 nitrogen and oxygen atoms in total. The van der Waals surface area contributed by atoms with Gasteiger partial charge in [-0.1, -0.05) is 12.1 Å². The number of nitrogens with one attached hydrogen (secondary N) is 1. The predicted molar refractivity (Wildman–Crippen MR) is 101 cm³/mol. The first-order valence-corrected chi connectivity index (χ1v) is 9.01. The Morgan fingerprint density at radius 2 is 1.92 bits per heavy atom. The van der Waals surface area contributed by atoms with E-state index >= 15 is 0 Å². The number of carbonyl (C=O) groups is 1. The Morgan fingerprint density at radius 1 is 1.15 bits per heavy atom. The van der Waals surface area contributed by atoms with Crippen molar-refractivity contribution in [1.29, 1.82) is 0 Å². The summed E-state index contributed by atoms with van der Waals surface area (Å²) in [5.74, 6) is -0.272. The molecule has 1 aromatic heterocycles. The number of aromatic nitrogens is 1. The van der Waals surface area contributed by atoms with E-state index in [-0.39, 0.29) is 17.9 Å². The number of aryl methyl sites for hydroxylation is 1. The molecule has 1 N–H and O–H groups in total. The monoisotopic (exact) mass is 356 g/mol. The lowest BCUT2D eigenvalue weighted by Gasteiger charge is -2.26. The van der Waals surface area contributed by atoms with Crippen molar-refractivity contribution in [2.45, 2.75) is 26.3 Å². The number of amides is 2. The molecule has 0 spiro atoms. The lowest BCUT2D eigenvalue weighted by atomic mass is 10.1. The van der Waals surface area contributed by atoms with E-state index in [1.165, 1.54) is 17.8 Å². The van der Waals surface area contributed by atoms with Gasteiger partial charge in [0.15, 0.2) is 0 Å². The van der Waals surface area contributed by atoms with Crippen LogP contribution in [0.15, 0.2) is 42.7 Å². The van der Waals surface area contributed by atoms with Crippen LogP contribution >= 0.6 is 0 Å². The quantitative estimate of drug-likeness (QED) is 0.915. The van der Waals surface area contributed by atoms with E-state index in [2.05, 4.69) is 22.1 Å². The zero-order valence-electron chi connectivity index (χ0n) is 15.3. The number of anilines is 1. The van der Waals surface area contributed by atoms with Gasteiger partial charge in [-0.05, 0) is 49.6 Å². The molecular formula is C20H25FN4O. The van der Waals surface area contributed by atoms with Crippen molar-refractivity contribution in [2.75, 3.05) is 31.1 Å². The van der Waals surface area contributed by atoms with Gasteiger partial charge >= 0.3 is 6.03 Å². The van der Waals surface area contributed by atoms with Gasteiger partial charge in [0.05, 0.1) is 6.04 Å². The summed E-state index contributed by atoms with van der Waals surface area (Å²) >= 11 is 0. The van der Waals surface area contributed by atoms with Crippen molar-refractivity contribution >= 4 is 11.7 Å². The summed E-state index contributed by atoms with van der Waals surface area (Å²) in [5.41, 5.74) is 3.22. The first kappa shape index (κ1) is 18.2. The lowest BCUT2D eigenvalue weighted by molar-refractivity contribution is 0.198. The highest BCUT2D eigenvalue weighted by Crippen LogP contribution is 2.20. The molecule has 1 aromatic carbocycles. The summed E-state index contributed by atoms with van der Waals surface area (Å²) in [6, 6.07) is 8.03. The van der Waals surface area contributed by atoms with E-state index in [1.807, 2.05) is 30.3 Å². The minimum atomic E-state index is -0.272. The summed E-state index contributed by atoms with van der Waals surface area (Å²) in [4.78, 5) is 20.9. The molecule has 26 heavy (non-hydrogen) atoms. The lowest BCUT2D eigenvalue weighted by Crippen LogP contribution is -2.43. The zero-order chi connectivity index (χ0) is 18.5. The number of carbonyl (C=O) groups excluding carboxylic acids is 1. The van der Waals surface area contributed by atoms with Crippen LogP contribution in [0.2, 0.25) is 0 Å². The molecule has 1 aliphatic heterocycles. The maximum atomic E-state index is 13.0. The molecule has 2 amide bonds. The van der Waals surface area contributed by atoms with Gasteiger partial charge in [-0.3, -0.25) is 4.98 Å². The summed E-state index contributed by atoms with van der Waals surface area (Å²) in [6.07, 6.45) is 4.59. The SMILES string of the molecule is Cc1cnccc1N1CCCN(C(=O)N[C@H](C)c2ccc(F)cc2)CC1. The number of hydrogen-bond acceptors (Lipinski definition) is 3. The van der Waals surface area contributed by atoms with Crippen LogP contribution < -0.4 is 10.2 Å². The summed E-state index contributed by atoms with van der Waals surface area (Å²) in [5, 5.41) is 3.02. The highest BCUT2D eigenvalue weighted by atomic mass is 19.1. The van der Waals surface area contributed by atoms with Crippen LogP contribution in [0.1, 0.15) is 30.5 Å². The molecular weight excluding hydrogens is 331 g/mol. The topological polar surface area (TPSA) is 48.5 Å². The Morgan fingerprint density at radius 3 is 2.65 bits per heavy atom. The van der Waals surface area contributed by atoms with Gasteiger partial charge in [0.1, 0.15) is 5.82 Å². The summed E-state index contributed by atoms with van der Waals surface area (Å²) in [6.45, 7) is 7.08. The van der Waals surface area contributed by atoms with Gasteiger partial charge in [-0.15, -0.1) is 0 Å². The van der Waals surface area contributed by atoms with Crippen LogP contribution in [-0.4, -0.2) is 42.1 Å². The number of halogens is 1. The second-order valence-electron chi connectivity index (χ2n) is 6.71. The normalized spacial score (nSPS) is 16.1. The molecule has 1 saturated heterocycles. The molecule has 3 rings (SSSR count). The Labute approximate surface area is 153 Å². The molecule has 1 atom stereocenters.